The molecule has 2 rings (SSSR count). The summed E-state index contributed by atoms with van der Waals surface area (Å²) in [4.78, 5) is 19.3. The van der Waals surface area contributed by atoms with Crippen molar-refractivity contribution in [3.63, 3.8) is 0 Å². The maximum Gasteiger partial charge on any atom is 0.376 e. The number of rotatable bonds is 3. The van der Waals surface area contributed by atoms with Crippen LogP contribution in [0, 0.1) is 6.92 Å². The van der Waals surface area contributed by atoms with E-state index in [-0.39, 0.29) is 5.82 Å². The Kier molecular flexibility index (Phi) is 2.53. The highest BCUT2D eigenvalue weighted by molar-refractivity contribution is 5.85. The van der Waals surface area contributed by atoms with Gasteiger partial charge in [-0.2, -0.15) is 0 Å². The normalized spacial score (nSPS) is 14.8. The lowest BCUT2D eigenvalue weighted by Crippen LogP contribution is -2.12. The zero-order valence-corrected chi connectivity index (χ0v) is 8.78. The van der Waals surface area contributed by atoms with Crippen LogP contribution in [0.15, 0.2) is 6.07 Å². The molecule has 0 aliphatic heterocycles. The lowest BCUT2D eigenvalue weighted by atomic mass is 10.4. The molecular weight excluding hydrogens is 194 g/mol. The van der Waals surface area contributed by atoms with Crippen molar-refractivity contribution in [2.45, 2.75) is 25.8 Å². The Balaban J connectivity index is 2.22. The van der Waals surface area contributed by atoms with Gasteiger partial charge in [0.1, 0.15) is 5.82 Å². The van der Waals surface area contributed by atoms with Gasteiger partial charge in [0.05, 0.1) is 7.11 Å². The summed E-state index contributed by atoms with van der Waals surface area (Å²) in [5.41, 5.74) is 0.758. The van der Waals surface area contributed by atoms with Gasteiger partial charge < -0.3 is 10.1 Å². The van der Waals surface area contributed by atoms with Crippen molar-refractivity contribution in [3.8, 4) is 0 Å². The van der Waals surface area contributed by atoms with E-state index in [0.717, 1.165) is 18.5 Å². The number of nitrogens with one attached hydrogen (secondary N) is 1. The molecule has 1 aromatic heterocycles. The van der Waals surface area contributed by atoms with E-state index in [9.17, 15) is 4.79 Å². The summed E-state index contributed by atoms with van der Waals surface area (Å²) in [6.45, 7) is 1.83. The van der Waals surface area contributed by atoms with Crippen LogP contribution in [0.2, 0.25) is 0 Å². The number of ether oxygens (including phenoxy) is 1. The van der Waals surface area contributed by atoms with Gasteiger partial charge in [-0.15, -0.1) is 0 Å². The number of aryl methyl sites for hydroxylation is 1. The van der Waals surface area contributed by atoms with Crippen LogP contribution < -0.4 is 5.32 Å². The fraction of sp³-hybridized carbons (Fsp3) is 0.500. The van der Waals surface area contributed by atoms with E-state index in [1.165, 1.54) is 7.11 Å². The fourth-order valence-electron chi connectivity index (χ4n) is 1.26. The molecule has 0 atom stereocenters. The molecule has 1 aromatic rings. The molecule has 0 bridgehead atoms. The summed E-state index contributed by atoms with van der Waals surface area (Å²) in [7, 11) is 1.32. The van der Waals surface area contributed by atoms with Gasteiger partial charge in [0.2, 0.25) is 5.82 Å². The zero-order valence-electron chi connectivity index (χ0n) is 8.78. The first-order chi connectivity index (χ1) is 7.19. The Morgan fingerprint density at radius 2 is 2.27 bits per heavy atom. The molecule has 1 saturated carbocycles. The number of carbonyl (C=O) groups is 1. The van der Waals surface area contributed by atoms with Crippen LogP contribution in [0.25, 0.3) is 0 Å². The van der Waals surface area contributed by atoms with E-state index in [2.05, 4.69) is 20.0 Å². The molecular formula is C10H13N3O2. The van der Waals surface area contributed by atoms with Crippen molar-refractivity contribution in [1.29, 1.82) is 0 Å². The second-order valence-corrected chi connectivity index (χ2v) is 3.63. The average Bonchev–Trinajstić information content (AvgIpc) is 2.99. The van der Waals surface area contributed by atoms with Crippen LogP contribution in [0.3, 0.4) is 0 Å². The van der Waals surface area contributed by atoms with Crippen molar-refractivity contribution in [2.75, 3.05) is 12.4 Å². The molecule has 0 amide bonds. The predicted molar refractivity (Wildman–Crippen MR) is 54.8 cm³/mol. The van der Waals surface area contributed by atoms with Crippen LogP contribution in [-0.2, 0) is 4.74 Å². The number of aromatic nitrogens is 2. The first-order valence-corrected chi connectivity index (χ1v) is 4.89. The van der Waals surface area contributed by atoms with E-state index < -0.39 is 5.97 Å². The third kappa shape index (κ3) is 2.43. The second kappa shape index (κ2) is 3.84. The lowest BCUT2D eigenvalue weighted by molar-refractivity contribution is 0.0586. The predicted octanol–water partition coefficient (Wildman–Crippen LogP) is 1.15. The molecule has 0 aromatic carbocycles. The first kappa shape index (κ1) is 9.89. The molecule has 0 unspecified atom stereocenters. The SMILES string of the molecule is COC(=O)c1nc(C)cc(NC2CC2)n1. The Morgan fingerprint density at radius 3 is 2.87 bits per heavy atom. The smallest absolute Gasteiger partial charge is 0.376 e. The molecule has 5 nitrogen and oxygen atoms in total. The van der Waals surface area contributed by atoms with Gasteiger partial charge in [-0.25, -0.2) is 14.8 Å². The van der Waals surface area contributed by atoms with E-state index in [1.54, 1.807) is 0 Å². The molecule has 1 N–H and O–H groups in total. The van der Waals surface area contributed by atoms with Gasteiger partial charge in [-0.3, -0.25) is 0 Å². The van der Waals surface area contributed by atoms with Crippen molar-refractivity contribution in [3.05, 3.63) is 17.6 Å². The van der Waals surface area contributed by atoms with Gasteiger partial charge >= 0.3 is 5.97 Å². The summed E-state index contributed by atoms with van der Waals surface area (Å²) in [5, 5.41) is 3.22. The second-order valence-electron chi connectivity index (χ2n) is 3.63. The molecule has 0 radical (unpaired) electrons. The fourth-order valence-corrected chi connectivity index (χ4v) is 1.26. The minimum atomic E-state index is -0.502. The maximum atomic E-state index is 11.2. The van der Waals surface area contributed by atoms with Gasteiger partial charge in [0.25, 0.3) is 0 Å². The highest BCUT2D eigenvalue weighted by Gasteiger charge is 2.22. The Labute approximate surface area is 87.9 Å². The maximum absolute atomic E-state index is 11.2. The first-order valence-electron chi connectivity index (χ1n) is 4.89. The Morgan fingerprint density at radius 1 is 1.53 bits per heavy atom. The van der Waals surface area contributed by atoms with Crippen molar-refractivity contribution >= 4 is 11.8 Å². The lowest BCUT2D eigenvalue weighted by Gasteiger charge is -2.05. The number of anilines is 1. The minimum Gasteiger partial charge on any atom is -0.463 e. The van der Waals surface area contributed by atoms with E-state index in [4.69, 9.17) is 0 Å². The molecule has 5 heteroatoms. The summed E-state index contributed by atoms with van der Waals surface area (Å²) < 4.78 is 4.58. The minimum absolute atomic E-state index is 0.112. The summed E-state index contributed by atoms with van der Waals surface area (Å²) in [6, 6.07) is 2.33. The van der Waals surface area contributed by atoms with Crippen molar-refractivity contribution in [1.82, 2.24) is 9.97 Å². The van der Waals surface area contributed by atoms with Gasteiger partial charge in [0.15, 0.2) is 0 Å². The third-order valence-corrected chi connectivity index (χ3v) is 2.15. The number of esters is 1. The zero-order chi connectivity index (χ0) is 10.8. The molecule has 15 heavy (non-hydrogen) atoms. The Bertz CT molecular complexity index is 388. The molecule has 0 saturated heterocycles. The average molecular weight is 207 g/mol. The van der Waals surface area contributed by atoms with Gasteiger partial charge in [-0.1, -0.05) is 0 Å². The largest absolute Gasteiger partial charge is 0.463 e. The van der Waals surface area contributed by atoms with Crippen LogP contribution in [0.1, 0.15) is 29.2 Å². The number of hydrogen-bond donors (Lipinski definition) is 1. The molecule has 1 heterocycles. The quantitative estimate of drug-likeness (QED) is 0.753. The standard InChI is InChI=1S/C10H13N3O2/c1-6-5-8(12-7-3-4-7)13-9(11-6)10(14)15-2/h5,7H,3-4H2,1-2H3,(H,11,12,13). The Hall–Kier alpha value is -1.65. The summed E-state index contributed by atoms with van der Waals surface area (Å²) >= 11 is 0. The van der Waals surface area contributed by atoms with E-state index >= 15 is 0 Å². The van der Waals surface area contributed by atoms with Gasteiger partial charge in [-0.05, 0) is 19.8 Å². The summed E-state index contributed by atoms with van der Waals surface area (Å²) in [6.07, 6.45) is 2.33. The van der Waals surface area contributed by atoms with E-state index in [0.29, 0.717) is 11.9 Å². The molecule has 1 fully saturated rings. The third-order valence-electron chi connectivity index (χ3n) is 2.15. The molecule has 1 aliphatic rings. The van der Waals surface area contributed by atoms with Crippen LogP contribution in [0.4, 0.5) is 5.82 Å². The molecule has 0 spiro atoms. The van der Waals surface area contributed by atoms with Crippen molar-refractivity contribution in [2.24, 2.45) is 0 Å². The van der Waals surface area contributed by atoms with Crippen LogP contribution in [-0.4, -0.2) is 29.1 Å². The summed E-state index contributed by atoms with van der Waals surface area (Å²) in [5.74, 6) is 0.309. The topological polar surface area (TPSA) is 64.1 Å². The molecule has 1 aliphatic carbocycles. The number of hydrogen-bond acceptors (Lipinski definition) is 5. The van der Waals surface area contributed by atoms with Crippen molar-refractivity contribution < 1.29 is 9.53 Å². The van der Waals surface area contributed by atoms with Crippen LogP contribution >= 0.6 is 0 Å². The monoisotopic (exact) mass is 207 g/mol. The number of nitrogens with zero attached hydrogens (tertiary/aromatic N) is 2. The van der Waals surface area contributed by atoms with Crippen LogP contribution in [0.5, 0.6) is 0 Å². The highest BCUT2D eigenvalue weighted by atomic mass is 16.5. The van der Waals surface area contributed by atoms with Gasteiger partial charge in [0, 0.05) is 17.8 Å². The molecule has 80 valence electrons. The number of methoxy groups -OCH3 is 1. The highest BCUT2D eigenvalue weighted by Crippen LogP contribution is 2.23. The number of carbonyl (C=O) groups excluding carboxylic acids is 1. The van der Waals surface area contributed by atoms with E-state index in [1.807, 2.05) is 13.0 Å².